The third kappa shape index (κ3) is 2.39. The van der Waals surface area contributed by atoms with E-state index >= 15 is 0 Å². The molecule has 0 bridgehead atoms. The van der Waals surface area contributed by atoms with Gasteiger partial charge in [0.25, 0.3) is 0 Å². The Balaban J connectivity index is 1.49. The van der Waals surface area contributed by atoms with Crippen LogP contribution in [0.4, 0.5) is 0 Å². The van der Waals surface area contributed by atoms with Crippen LogP contribution in [0, 0.1) is 0 Å². The summed E-state index contributed by atoms with van der Waals surface area (Å²) in [5.41, 5.74) is 1.26. The predicted molar refractivity (Wildman–Crippen MR) is 76.5 cm³/mol. The molecule has 114 valence electrons. The van der Waals surface area contributed by atoms with Crippen molar-refractivity contribution in [2.24, 2.45) is 0 Å². The molecule has 4 rings (SSSR count). The van der Waals surface area contributed by atoms with E-state index in [0.29, 0.717) is 12.8 Å². The summed E-state index contributed by atoms with van der Waals surface area (Å²) in [5, 5.41) is 0. The van der Waals surface area contributed by atoms with Crippen LogP contribution in [-0.4, -0.2) is 50.2 Å². The van der Waals surface area contributed by atoms with Gasteiger partial charge in [-0.25, -0.2) is 0 Å². The lowest BCUT2D eigenvalue weighted by Crippen LogP contribution is -2.51. The molecule has 3 aliphatic rings. The van der Waals surface area contributed by atoms with Crippen LogP contribution in [0.15, 0.2) is 18.2 Å². The smallest absolute Gasteiger partial charge is 0.231 e. The number of nitrogens with zero attached hydrogens (tertiary/aromatic N) is 1. The molecule has 5 nitrogen and oxygen atoms in total. The molecule has 5 heteroatoms. The summed E-state index contributed by atoms with van der Waals surface area (Å²) in [5.74, 6) is 1.71. The largest absolute Gasteiger partial charge is 0.454 e. The summed E-state index contributed by atoms with van der Waals surface area (Å²) < 4.78 is 22.3. The molecule has 1 aliphatic carbocycles. The summed E-state index contributed by atoms with van der Waals surface area (Å²) in [6.07, 6.45) is 2.70. The Hall–Kier alpha value is -1.30. The quantitative estimate of drug-likeness (QED) is 0.849. The minimum absolute atomic E-state index is 0.220. The van der Waals surface area contributed by atoms with Gasteiger partial charge in [0.2, 0.25) is 6.79 Å². The molecular formula is C16H21NO4. The zero-order valence-electron chi connectivity index (χ0n) is 12.3. The molecule has 0 N–H and O–H groups in total. The SMILES string of the molecule is CO[C@@H]1CC[C@H]2[C@H]1OCCN2Cc1ccc2c(c1)OCO2. The number of fused-ring (bicyclic) bond motifs is 2. The van der Waals surface area contributed by atoms with Crippen molar-refractivity contribution in [2.75, 3.05) is 27.1 Å². The summed E-state index contributed by atoms with van der Waals surface area (Å²) >= 11 is 0. The van der Waals surface area contributed by atoms with Crippen molar-refractivity contribution in [2.45, 2.75) is 37.6 Å². The van der Waals surface area contributed by atoms with Crippen LogP contribution in [0.2, 0.25) is 0 Å². The number of benzene rings is 1. The van der Waals surface area contributed by atoms with E-state index in [9.17, 15) is 0 Å². The third-order valence-corrected chi connectivity index (χ3v) is 4.78. The molecule has 1 aromatic carbocycles. The Bertz CT molecular complexity index is 521. The number of methoxy groups -OCH3 is 1. The molecule has 3 atom stereocenters. The van der Waals surface area contributed by atoms with E-state index in [1.54, 1.807) is 7.11 Å². The lowest BCUT2D eigenvalue weighted by Gasteiger charge is -2.38. The van der Waals surface area contributed by atoms with Gasteiger partial charge >= 0.3 is 0 Å². The molecule has 0 aromatic heterocycles. The lowest BCUT2D eigenvalue weighted by molar-refractivity contribution is -0.106. The van der Waals surface area contributed by atoms with Crippen LogP contribution in [0.3, 0.4) is 0 Å². The van der Waals surface area contributed by atoms with Gasteiger partial charge in [0.15, 0.2) is 11.5 Å². The van der Waals surface area contributed by atoms with Gasteiger partial charge in [-0.05, 0) is 30.5 Å². The maximum atomic E-state index is 5.94. The van der Waals surface area contributed by atoms with Crippen molar-refractivity contribution in [3.63, 3.8) is 0 Å². The Labute approximate surface area is 124 Å². The Morgan fingerprint density at radius 1 is 1.24 bits per heavy atom. The highest BCUT2D eigenvalue weighted by Crippen LogP contribution is 2.35. The average molecular weight is 291 g/mol. The zero-order chi connectivity index (χ0) is 14.2. The molecule has 0 radical (unpaired) electrons. The van der Waals surface area contributed by atoms with E-state index in [4.69, 9.17) is 18.9 Å². The van der Waals surface area contributed by atoms with Crippen molar-refractivity contribution in [3.8, 4) is 11.5 Å². The molecule has 1 saturated heterocycles. The molecule has 21 heavy (non-hydrogen) atoms. The summed E-state index contributed by atoms with van der Waals surface area (Å²) in [4.78, 5) is 2.52. The minimum atomic E-state index is 0.220. The van der Waals surface area contributed by atoms with Crippen molar-refractivity contribution >= 4 is 0 Å². The highest BCUT2D eigenvalue weighted by molar-refractivity contribution is 5.44. The zero-order valence-corrected chi connectivity index (χ0v) is 12.3. The number of hydrogen-bond donors (Lipinski definition) is 0. The fraction of sp³-hybridized carbons (Fsp3) is 0.625. The van der Waals surface area contributed by atoms with Crippen LogP contribution in [0.25, 0.3) is 0 Å². The standard InChI is InChI=1S/C16H21NO4/c1-18-14-5-3-12-16(14)19-7-6-17(12)9-11-2-4-13-15(8-11)21-10-20-13/h2,4,8,12,14,16H,3,5-7,9-10H2,1H3/t12-,14+,16+/m0/s1. The Kier molecular flexibility index (Phi) is 3.49. The van der Waals surface area contributed by atoms with Crippen LogP contribution in [0.5, 0.6) is 11.5 Å². The molecule has 0 amide bonds. The van der Waals surface area contributed by atoms with Crippen LogP contribution >= 0.6 is 0 Å². The van der Waals surface area contributed by atoms with Gasteiger partial charge < -0.3 is 18.9 Å². The first-order valence-electron chi connectivity index (χ1n) is 7.62. The average Bonchev–Trinajstić information content (AvgIpc) is 3.13. The highest BCUT2D eigenvalue weighted by atomic mass is 16.7. The number of morpholine rings is 1. The molecular weight excluding hydrogens is 270 g/mol. The minimum Gasteiger partial charge on any atom is -0.454 e. The van der Waals surface area contributed by atoms with Gasteiger partial charge in [-0.1, -0.05) is 6.07 Å². The van der Waals surface area contributed by atoms with Crippen molar-refractivity contribution in [3.05, 3.63) is 23.8 Å². The van der Waals surface area contributed by atoms with Crippen LogP contribution in [0.1, 0.15) is 18.4 Å². The second-order valence-electron chi connectivity index (χ2n) is 5.91. The fourth-order valence-electron chi connectivity index (χ4n) is 3.71. The lowest BCUT2D eigenvalue weighted by atomic mass is 10.1. The molecule has 0 spiro atoms. The first-order valence-corrected chi connectivity index (χ1v) is 7.62. The molecule has 1 saturated carbocycles. The van der Waals surface area contributed by atoms with E-state index in [2.05, 4.69) is 17.0 Å². The fourth-order valence-corrected chi connectivity index (χ4v) is 3.71. The topological polar surface area (TPSA) is 40.2 Å². The van der Waals surface area contributed by atoms with Crippen molar-refractivity contribution < 1.29 is 18.9 Å². The van der Waals surface area contributed by atoms with Gasteiger partial charge in [0.1, 0.15) is 0 Å². The second-order valence-corrected chi connectivity index (χ2v) is 5.91. The van der Waals surface area contributed by atoms with E-state index in [1.165, 1.54) is 5.56 Å². The first-order chi connectivity index (χ1) is 10.3. The van der Waals surface area contributed by atoms with Crippen molar-refractivity contribution in [1.29, 1.82) is 0 Å². The number of ether oxygens (including phenoxy) is 4. The first kappa shape index (κ1) is 13.4. The molecule has 2 heterocycles. The Morgan fingerprint density at radius 2 is 2.14 bits per heavy atom. The van der Waals surface area contributed by atoms with Gasteiger partial charge in [0.05, 0.1) is 18.8 Å². The number of hydrogen-bond acceptors (Lipinski definition) is 5. The second kappa shape index (κ2) is 5.48. The monoisotopic (exact) mass is 291 g/mol. The van der Waals surface area contributed by atoms with Gasteiger partial charge in [0, 0.05) is 26.2 Å². The van der Waals surface area contributed by atoms with Gasteiger partial charge in [-0.2, -0.15) is 0 Å². The molecule has 0 unspecified atom stereocenters. The van der Waals surface area contributed by atoms with Crippen LogP contribution < -0.4 is 9.47 Å². The van der Waals surface area contributed by atoms with E-state index in [1.807, 2.05) is 6.07 Å². The summed E-state index contributed by atoms with van der Waals surface area (Å²) in [7, 11) is 1.78. The Morgan fingerprint density at radius 3 is 3.05 bits per heavy atom. The maximum Gasteiger partial charge on any atom is 0.231 e. The summed E-state index contributed by atoms with van der Waals surface area (Å²) in [6.45, 7) is 3.02. The number of rotatable bonds is 3. The highest BCUT2D eigenvalue weighted by Gasteiger charge is 2.42. The maximum absolute atomic E-state index is 5.94. The van der Waals surface area contributed by atoms with E-state index < -0.39 is 0 Å². The molecule has 1 aromatic rings. The van der Waals surface area contributed by atoms with E-state index in [0.717, 1.165) is 44.0 Å². The van der Waals surface area contributed by atoms with Crippen molar-refractivity contribution in [1.82, 2.24) is 4.90 Å². The normalized spacial score (nSPS) is 31.4. The van der Waals surface area contributed by atoms with Gasteiger partial charge in [-0.3, -0.25) is 4.90 Å². The van der Waals surface area contributed by atoms with Gasteiger partial charge in [-0.15, -0.1) is 0 Å². The van der Waals surface area contributed by atoms with Crippen LogP contribution in [-0.2, 0) is 16.0 Å². The summed E-state index contributed by atoms with van der Waals surface area (Å²) in [6, 6.07) is 6.69. The molecule has 2 aliphatic heterocycles. The third-order valence-electron chi connectivity index (χ3n) is 4.78. The predicted octanol–water partition coefficient (Wildman–Crippen LogP) is 1.79. The molecule has 2 fully saturated rings. The van der Waals surface area contributed by atoms with E-state index in [-0.39, 0.29) is 12.2 Å².